The number of halogens is 3. The Morgan fingerprint density at radius 2 is 1.78 bits per heavy atom. The SMILES string of the molecule is CN(CC(C)(C)O)c1cc(C(F)(F)F)cnc1-c1nnc(N[C@H]2N=C(c3ccccc3)c3ccccc3NC2=O)o1. The molecule has 0 spiro atoms. The number of benzodiazepines with no additional fused rings is 1. The molecular formula is C28H26F3N7O3. The van der Waals surface area contributed by atoms with E-state index in [-0.39, 0.29) is 29.8 Å². The van der Waals surface area contributed by atoms with Crippen molar-refractivity contribution < 1.29 is 27.5 Å². The molecule has 3 heterocycles. The molecule has 0 saturated carbocycles. The fourth-order valence-corrected chi connectivity index (χ4v) is 4.40. The monoisotopic (exact) mass is 565 g/mol. The van der Waals surface area contributed by atoms with Gasteiger partial charge >= 0.3 is 12.2 Å². The number of aliphatic imine (C=N–C) groups is 1. The standard InChI is InChI=1S/C28H26F3N7O3/c1-27(2,40)15-38(3)20-13-17(28(29,30)31)14-32-22(20)25-36-37-26(41-25)35-23-24(39)33-19-12-8-7-11-18(19)21(34-23)16-9-5-4-6-10-16/h4-14,23,40H,15H2,1-3H3,(H,33,39)(H,35,37)/t23-/m1/s1. The van der Waals surface area contributed by atoms with Crippen LogP contribution in [0.5, 0.6) is 0 Å². The highest BCUT2D eigenvalue weighted by molar-refractivity contribution is 6.19. The normalized spacial score (nSPS) is 15.4. The molecule has 1 atom stereocenters. The number of pyridine rings is 1. The molecular weight excluding hydrogens is 539 g/mol. The first-order valence-electron chi connectivity index (χ1n) is 12.5. The van der Waals surface area contributed by atoms with Crippen LogP contribution in [0, 0.1) is 0 Å². The predicted octanol–water partition coefficient (Wildman–Crippen LogP) is 4.59. The van der Waals surface area contributed by atoms with Gasteiger partial charge in [0, 0.05) is 30.9 Å². The summed E-state index contributed by atoms with van der Waals surface area (Å²) in [5.41, 5.74) is 0.412. The summed E-state index contributed by atoms with van der Waals surface area (Å²) in [5, 5.41) is 23.8. The number of aromatic nitrogens is 3. The largest absolute Gasteiger partial charge is 0.417 e. The van der Waals surface area contributed by atoms with Crippen LogP contribution < -0.4 is 15.5 Å². The molecule has 1 aliphatic heterocycles. The van der Waals surface area contributed by atoms with E-state index < -0.39 is 29.4 Å². The van der Waals surface area contributed by atoms with E-state index in [4.69, 9.17) is 4.42 Å². The first kappa shape index (κ1) is 27.8. The number of hydrogen-bond acceptors (Lipinski definition) is 9. The van der Waals surface area contributed by atoms with Crippen molar-refractivity contribution in [1.82, 2.24) is 15.2 Å². The molecule has 0 unspecified atom stereocenters. The first-order chi connectivity index (χ1) is 19.4. The molecule has 212 valence electrons. The number of carbonyl (C=O) groups is 1. The smallest absolute Gasteiger partial charge is 0.402 e. The third-order valence-corrected chi connectivity index (χ3v) is 6.11. The van der Waals surface area contributed by atoms with E-state index in [0.717, 1.165) is 17.2 Å². The molecule has 1 amide bonds. The molecule has 3 N–H and O–H groups in total. The van der Waals surface area contributed by atoms with E-state index >= 15 is 0 Å². The number of fused-ring (bicyclic) bond motifs is 1. The molecule has 10 nitrogen and oxygen atoms in total. The summed E-state index contributed by atoms with van der Waals surface area (Å²) < 4.78 is 46.1. The quantitative estimate of drug-likeness (QED) is 0.297. The van der Waals surface area contributed by atoms with Crippen molar-refractivity contribution in [2.45, 2.75) is 31.8 Å². The molecule has 0 bridgehead atoms. The number of amides is 1. The summed E-state index contributed by atoms with van der Waals surface area (Å²) in [7, 11) is 1.52. The summed E-state index contributed by atoms with van der Waals surface area (Å²) in [6.07, 6.45) is -5.15. The van der Waals surface area contributed by atoms with Crippen LogP contribution in [-0.4, -0.2) is 57.3 Å². The van der Waals surface area contributed by atoms with E-state index in [0.29, 0.717) is 17.6 Å². The van der Waals surface area contributed by atoms with Gasteiger partial charge in [-0.2, -0.15) is 13.2 Å². The van der Waals surface area contributed by atoms with Crippen molar-refractivity contribution in [3.05, 3.63) is 83.6 Å². The molecule has 41 heavy (non-hydrogen) atoms. The molecule has 1 aliphatic rings. The van der Waals surface area contributed by atoms with Crippen LogP contribution in [0.25, 0.3) is 11.6 Å². The van der Waals surface area contributed by atoms with Gasteiger partial charge < -0.3 is 25.1 Å². The lowest BCUT2D eigenvalue weighted by atomic mass is 10.0. The summed E-state index contributed by atoms with van der Waals surface area (Å²) in [4.78, 5) is 23.2. The lowest BCUT2D eigenvalue weighted by Gasteiger charge is -2.28. The lowest BCUT2D eigenvalue weighted by Crippen LogP contribution is -2.36. The highest BCUT2D eigenvalue weighted by Gasteiger charge is 2.34. The van der Waals surface area contributed by atoms with Gasteiger partial charge in [-0.1, -0.05) is 53.6 Å². The van der Waals surface area contributed by atoms with E-state index in [1.165, 1.54) is 25.8 Å². The number of aliphatic hydroxyl groups is 1. The second-order valence-corrected chi connectivity index (χ2v) is 10.1. The molecule has 5 rings (SSSR count). The van der Waals surface area contributed by atoms with Crippen LogP contribution in [0.1, 0.15) is 30.5 Å². The molecule has 0 aliphatic carbocycles. The van der Waals surface area contributed by atoms with Crippen LogP contribution in [0.15, 0.2) is 76.3 Å². The Kier molecular flexibility index (Phi) is 7.22. The fourth-order valence-electron chi connectivity index (χ4n) is 4.40. The Balaban J connectivity index is 1.49. The summed E-state index contributed by atoms with van der Waals surface area (Å²) in [6, 6.07) is 17.3. The minimum absolute atomic E-state index is 0.0119. The maximum atomic E-state index is 13.5. The van der Waals surface area contributed by atoms with Gasteiger partial charge in [0.1, 0.15) is 0 Å². The highest BCUT2D eigenvalue weighted by Crippen LogP contribution is 2.36. The first-order valence-corrected chi connectivity index (χ1v) is 12.5. The minimum Gasteiger partial charge on any atom is -0.402 e. The predicted molar refractivity (Wildman–Crippen MR) is 147 cm³/mol. The number of likely N-dealkylation sites (N-methyl/N-ethyl adjacent to an activating group) is 1. The third-order valence-electron chi connectivity index (χ3n) is 6.11. The third kappa shape index (κ3) is 6.19. The van der Waals surface area contributed by atoms with Gasteiger partial charge in [-0.05, 0) is 26.0 Å². The summed E-state index contributed by atoms with van der Waals surface area (Å²) in [6.45, 7) is 3.04. The molecule has 0 radical (unpaired) electrons. The van der Waals surface area contributed by atoms with Gasteiger partial charge in [-0.15, -0.1) is 5.10 Å². The number of alkyl halides is 3. The van der Waals surface area contributed by atoms with Crippen molar-refractivity contribution in [1.29, 1.82) is 0 Å². The zero-order valence-electron chi connectivity index (χ0n) is 22.3. The van der Waals surface area contributed by atoms with E-state index in [9.17, 15) is 23.1 Å². The van der Waals surface area contributed by atoms with E-state index in [2.05, 4.69) is 30.8 Å². The molecule has 2 aromatic heterocycles. The Labute approximate surface area is 233 Å². The van der Waals surface area contributed by atoms with Gasteiger partial charge in [0.2, 0.25) is 6.17 Å². The van der Waals surface area contributed by atoms with E-state index in [1.807, 2.05) is 42.5 Å². The number of anilines is 3. The number of carbonyl (C=O) groups excluding carboxylic acids is 1. The van der Waals surface area contributed by atoms with Crippen molar-refractivity contribution >= 4 is 29.0 Å². The summed E-state index contributed by atoms with van der Waals surface area (Å²) >= 11 is 0. The number of rotatable bonds is 7. The zero-order valence-corrected chi connectivity index (χ0v) is 22.3. The van der Waals surface area contributed by atoms with Crippen molar-refractivity contribution in [3.8, 4) is 11.6 Å². The Morgan fingerprint density at radius 1 is 1.07 bits per heavy atom. The fraction of sp³-hybridized carbons (Fsp3) is 0.250. The maximum absolute atomic E-state index is 13.5. The van der Waals surface area contributed by atoms with Crippen LogP contribution in [0.4, 0.5) is 30.6 Å². The zero-order chi connectivity index (χ0) is 29.4. The van der Waals surface area contributed by atoms with E-state index in [1.54, 1.807) is 12.1 Å². The molecule has 13 heteroatoms. The molecule has 0 saturated heterocycles. The maximum Gasteiger partial charge on any atom is 0.417 e. The number of benzene rings is 2. The number of hydrogen-bond donors (Lipinski definition) is 3. The molecule has 2 aromatic carbocycles. The number of nitrogens with one attached hydrogen (secondary N) is 2. The van der Waals surface area contributed by atoms with Gasteiger partial charge in [-0.25, -0.2) is 9.98 Å². The van der Waals surface area contributed by atoms with Crippen LogP contribution in [0.2, 0.25) is 0 Å². The van der Waals surface area contributed by atoms with Gasteiger partial charge in [0.25, 0.3) is 11.8 Å². The van der Waals surface area contributed by atoms with Crippen molar-refractivity contribution in [2.75, 3.05) is 29.1 Å². The second-order valence-electron chi connectivity index (χ2n) is 10.1. The van der Waals surface area contributed by atoms with Crippen molar-refractivity contribution in [3.63, 3.8) is 0 Å². The van der Waals surface area contributed by atoms with Crippen LogP contribution >= 0.6 is 0 Å². The average molecular weight is 566 g/mol. The topological polar surface area (TPSA) is 129 Å². The van der Waals surface area contributed by atoms with Gasteiger partial charge in [0.15, 0.2) is 5.69 Å². The Bertz CT molecular complexity index is 1600. The molecule has 0 fully saturated rings. The Hall–Kier alpha value is -4.78. The van der Waals surface area contributed by atoms with Crippen LogP contribution in [0.3, 0.4) is 0 Å². The average Bonchev–Trinajstić information content (AvgIpc) is 3.33. The van der Waals surface area contributed by atoms with Crippen molar-refractivity contribution in [2.24, 2.45) is 4.99 Å². The summed E-state index contributed by atoms with van der Waals surface area (Å²) in [5.74, 6) is -0.676. The minimum atomic E-state index is -4.64. The Morgan fingerprint density at radius 3 is 2.49 bits per heavy atom. The van der Waals surface area contributed by atoms with Gasteiger partial charge in [0.05, 0.1) is 28.3 Å². The lowest BCUT2D eigenvalue weighted by molar-refractivity contribution is -0.137. The number of para-hydroxylation sites is 1. The van der Waals surface area contributed by atoms with Gasteiger partial charge in [-0.3, -0.25) is 4.79 Å². The number of nitrogens with zero attached hydrogens (tertiary/aromatic N) is 5. The highest BCUT2D eigenvalue weighted by atomic mass is 19.4. The second kappa shape index (κ2) is 10.7. The molecule has 4 aromatic rings. The van der Waals surface area contributed by atoms with Crippen LogP contribution in [-0.2, 0) is 11.0 Å².